The van der Waals surface area contributed by atoms with Crippen LogP contribution in [0.4, 0.5) is 5.13 Å². The Labute approximate surface area is 202 Å². The summed E-state index contributed by atoms with van der Waals surface area (Å²) in [4.78, 5) is 17.9. The zero-order valence-electron chi connectivity index (χ0n) is 18.0. The molecule has 0 saturated carbocycles. The van der Waals surface area contributed by atoms with E-state index in [2.05, 4.69) is 24.1 Å². The first kappa shape index (κ1) is 24.7. The highest BCUT2D eigenvalue weighted by Gasteiger charge is 2.18. The average Bonchev–Trinajstić information content (AvgIpc) is 3.13. The molecule has 1 atom stereocenters. The Bertz CT molecular complexity index is 1280. The van der Waals surface area contributed by atoms with Gasteiger partial charge in [0, 0.05) is 11.8 Å². The topological polar surface area (TPSA) is 76.1 Å². The van der Waals surface area contributed by atoms with Gasteiger partial charge in [-0.2, -0.15) is 0 Å². The number of allylic oxidation sites excluding steroid dienone is 1. The number of nitrogens with one attached hydrogen (secondary N) is 1. The first-order valence-corrected chi connectivity index (χ1v) is 13.6. The van der Waals surface area contributed by atoms with Crippen LogP contribution in [0.15, 0.2) is 47.4 Å². The first-order valence-electron chi connectivity index (χ1n) is 10.2. The molecule has 9 heteroatoms. The average molecular weight is 511 g/mol. The third-order valence-corrected chi connectivity index (χ3v) is 7.73. The number of hydrogen-bond donors (Lipinski definition) is 1. The van der Waals surface area contributed by atoms with Crippen molar-refractivity contribution in [2.24, 2.45) is 5.92 Å². The summed E-state index contributed by atoms with van der Waals surface area (Å²) in [5, 5.41) is 4.04. The van der Waals surface area contributed by atoms with E-state index in [1.54, 1.807) is 30.3 Å². The van der Waals surface area contributed by atoms with Crippen molar-refractivity contribution in [3.8, 4) is 0 Å². The van der Waals surface area contributed by atoms with Crippen LogP contribution in [0.2, 0.25) is 10.0 Å². The second-order valence-electron chi connectivity index (χ2n) is 7.70. The molecule has 0 aliphatic carbocycles. The lowest BCUT2D eigenvalue weighted by Crippen LogP contribution is -2.14. The molecule has 0 bridgehead atoms. The lowest BCUT2D eigenvalue weighted by atomic mass is 9.96. The van der Waals surface area contributed by atoms with Crippen molar-refractivity contribution in [3.63, 3.8) is 0 Å². The maximum atomic E-state index is 13.2. The highest BCUT2D eigenvalue weighted by atomic mass is 35.5. The van der Waals surface area contributed by atoms with Crippen LogP contribution >= 0.6 is 34.5 Å². The maximum absolute atomic E-state index is 13.2. The zero-order chi connectivity index (χ0) is 23.5. The van der Waals surface area contributed by atoms with Crippen LogP contribution in [0.25, 0.3) is 15.8 Å². The summed E-state index contributed by atoms with van der Waals surface area (Å²) in [5.41, 5.74) is 1.78. The Morgan fingerprint density at radius 2 is 1.94 bits per heavy atom. The molecule has 0 spiro atoms. The highest BCUT2D eigenvalue weighted by molar-refractivity contribution is 7.90. The second-order valence-corrected chi connectivity index (χ2v) is 11.6. The monoisotopic (exact) mass is 510 g/mol. The molecule has 1 amide bonds. The third kappa shape index (κ3) is 6.10. The number of aromatic nitrogens is 1. The summed E-state index contributed by atoms with van der Waals surface area (Å²) in [6, 6.07) is 9.84. The SMILES string of the molecule is CCCCC(C)/C=C(\C(=O)Nc1nc2ccc(S(C)(=O)=O)cc2s1)c1ccc(Cl)c(Cl)c1. The largest absolute Gasteiger partial charge is 0.298 e. The minimum atomic E-state index is -3.33. The predicted octanol–water partition coefficient (Wildman–Crippen LogP) is 6.86. The molecule has 1 heterocycles. The number of sulfone groups is 1. The van der Waals surface area contributed by atoms with Crippen LogP contribution in [0.3, 0.4) is 0 Å². The zero-order valence-corrected chi connectivity index (χ0v) is 21.1. The number of carbonyl (C=O) groups is 1. The summed E-state index contributed by atoms with van der Waals surface area (Å²) in [5.74, 6) is -0.119. The molecule has 3 aromatic rings. The summed E-state index contributed by atoms with van der Waals surface area (Å²) in [6.07, 6.45) is 6.21. The van der Waals surface area contributed by atoms with E-state index in [4.69, 9.17) is 23.2 Å². The minimum absolute atomic E-state index is 0.192. The molecule has 2 aromatic carbocycles. The Kier molecular flexibility index (Phi) is 7.98. The molecule has 1 unspecified atom stereocenters. The number of amides is 1. The van der Waals surface area contributed by atoms with Crippen molar-refractivity contribution >= 4 is 71.2 Å². The van der Waals surface area contributed by atoms with Gasteiger partial charge in [-0.3, -0.25) is 10.1 Å². The van der Waals surface area contributed by atoms with Crippen LogP contribution < -0.4 is 5.32 Å². The van der Waals surface area contributed by atoms with E-state index in [0.29, 0.717) is 36.5 Å². The van der Waals surface area contributed by atoms with Crippen LogP contribution in [-0.2, 0) is 14.6 Å². The Morgan fingerprint density at radius 1 is 1.19 bits per heavy atom. The maximum Gasteiger partial charge on any atom is 0.257 e. The molecule has 5 nitrogen and oxygen atoms in total. The van der Waals surface area contributed by atoms with E-state index in [1.807, 2.05) is 6.08 Å². The fourth-order valence-corrected chi connectivity index (χ4v) is 5.13. The van der Waals surface area contributed by atoms with Gasteiger partial charge in [0.25, 0.3) is 5.91 Å². The van der Waals surface area contributed by atoms with E-state index < -0.39 is 9.84 Å². The van der Waals surface area contributed by atoms with Gasteiger partial charge in [0.2, 0.25) is 0 Å². The van der Waals surface area contributed by atoms with Crippen LogP contribution in [0, 0.1) is 5.92 Å². The number of halogens is 2. The Balaban J connectivity index is 1.93. The smallest absolute Gasteiger partial charge is 0.257 e. The van der Waals surface area contributed by atoms with Gasteiger partial charge in [0.05, 0.1) is 25.2 Å². The standard InChI is InChI=1S/C23H24Cl2N2O3S2/c1-4-5-6-14(2)11-17(15-7-9-18(24)19(25)12-15)22(28)27-23-26-20-10-8-16(32(3,29)30)13-21(20)31-23/h7-14H,4-6H2,1-3H3,(H,26,27,28)/b17-11-. The van der Waals surface area contributed by atoms with Crippen LogP contribution in [0.5, 0.6) is 0 Å². The number of nitrogens with zero attached hydrogens (tertiary/aromatic N) is 1. The van der Waals surface area contributed by atoms with Crippen LogP contribution in [-0.4, -0.2) is 25.6 Å². The molecule has 1 N–H and O–H groups in total. The van der Waals surface area contributed by atoms with Gasteiger partial charge in [-0.15, -0.1) is 0 Å². The molecule has 0 fully saturated rings. The number of thiazole rings is 1. The van der Waals surface area contributed by atoms with E-state index in [9.17, 15) is 13.2 Å². The van der Waals surface area contributed by atoms with Gasteiger partial charge >= 0.3 is 0 Å². The number of benzene rings is 2. The number of rotatable bonds is 8. The number of fused-ring (bicyclic) bond motifs is 1. The van der Waals surface area contributed by atoms with Crippen molar-refractivity contribution in [2.45, 2.75) is 38.0 Å². The number of unbranched alkanes of at least 4 members (excludes halogenated alkanes) is 1. The fourth-order valence-electron chi connectivity index (χ4n) is 3.21. The van der Waals surface area contributed by atoms with Gasteiger partial charge < -0.3 is 0 Å². The molecule has 0 radical (unpaired) electrons. The number of anilines is 1. The molecule has 32 heavy (non-hydrogen) atoms. The molecule has 0 saturated heterocycles. The highest BCUT2D eigenvalue weighted by Crippen LogP contribution is 2.31. The molecular formula is C23H24Cl2N2O3S2. The van der Waals surface area contributed by atoms with E-state index in [1.165, 1.54) is 17.4 Å². The Morgan fingerprint density at radius 3 is 2.59 bits per heavy atom. The van der Waals surface area contributed by atoms with Gasteiger partial charge in [-0.25, -0.2) is 13.4 Å². The summed E-state index contributed by atoms with van der Waals surface area (Å²) in [7, 11) is -3.33. The van der Waals surface area contributed by atoms with Crippen LogP contribution in [0.1, 0.15) is 38.7 Å². The molecule has 170 valence electrons. The number of hydrogen-bond acceptors (Lipinski definition) is 5. The van der Waals surface area contributed by atoms with Crippen molar-refractivity contribution in [1.29, 1.82) is 0 Å². The van der Waals surface area contributed by atoms with Gasteiger partial charge in [-0.1, -0.05) is 73.4 Å². The Hall–Kier alpha value is -1.93. The molecular weight excluding hydrogens is 487 g/mol. The quantitative estimate of drug-likeness (QED) is 0.336. The van der Waals surface area contributed by atoms with Gasteiger partial charge in [0.1, 0.15) is 0 Å². The third-order valence-electron chi connectivity index (χ3n) is 4.95. The summed E-state index contributed by atoms with van der Waals surface area (Å²) < 4.78 is 24.3. The van der Waals surface area contributed by atoms with E-state index >= 15 is 0 Å². The second kappa shape index (κ2) is 10.3. The van der Waals surface area contributed by atoms with E-state index in [-0.39, 0.29) is 16.7 Å². The fraction of sp³-hybridized carbons (Fsp3) is 0.304. The lowest BCUT2D eigenvalue weighted by molar-refractivity contribution is -0.111. The summed E-state index contributed by atoms with van der Waals surface area (Å²) >= 11 is 13.5. The van der Waals surface area contributed by atoms with Crippen molar-refractivity contribution < 1.29 is 13.2 Å². The normalized spacial score (nSPS) is 13.3. The van der Waals surface area contributed by atoms with Crippen molar-refractivity contribution in [2.75, 3.05) is 11.6 Å². The number of carbonyl (C=O) groups excluding carboxylic acids is 1. The van der Waals surface area contributed by atoms with Crippen molar-refractivity contribution in [1.82, 2.24) is 4.98 Å². The molecule has 3 rings (SSSR count). The molecule has 0 aliphatic rings. The predicted molar refractivity (Wildman–Crippen MR) is 134 cm³/mol. The van der Waals surface area contributed by atoms with Crippen molar-refractivity contribution in [3.05, 3.63) is 58.1 Å². The van der Waals surface area contributed by atoms with Gasteiger partial charge in [-0.05, 0) is 48.2 Å². The minimum Gasteiger partial charge on any atom is -0.298 e. The molecule has 1 aromatic heterocycles. The first-order chi connectivity index (χ1) is 15.1. The van der Waals surface area contributed by atoms with E-state index in [0.717, 1.165) is 25.5 Å². The lowest BCUT2D eigenvalue weighted by Gasteiger charge is -2.12. The summed E-state index contributed by atoms with van der Waals surface area (Å²) in [6.45, 7) is 4.20. The molecule has 0 aliphatic heterocycles. The van der Waals surface area contributed by atoms with Gasteiger partial charge in [0.15, 0.2) is 15.0 Å².